The van der Waals surface area contributed by atoms with Crippen LogP contribution in [0.15, 0.2) is 42.7 Å². The Kier molecular flexibility index (Phi) is 7.72. The van der Waals surface area contributed by atoms with Crippen LogP contribution in [0.1, 0.15) is 5.56 Å². The van der Waals surface area contributed by atoms with Gasteiger partial charge in [0.2, 0.25) is 5.95 Å². The molecule has 0 fully saturated rings. The number of thiophene rings is 1. The highest BCUT2D eigenvalue weighted by Crippen LogP contribution is 2.38. The molecule has 0 atom stereocenters. The quantitative estimate of drug-likeness (QED) is 0.362. The number of para-hydroxylation sites is 1. The molecule has 3 aromatic heterocycles. The fourth-order valence-corrected chi connectivity index (χ4v) is 4.01. The zero-order chi connectivity index (χ0) is 20.9. The van der Waals surface area contributed by atoms with Crippen LogP contribution in [0.5, 0.6) is 11.8 Å². The normalized spacial score (nSPS) is 10.6. The maximum absolute atomic E-state index is 6.03. The molecule has 0 unspecified atom stereocenters. The van der Waals surface area contributed by atoms with E-state index in [0.29, 0.717) is 24.0 Å². The van der Waals surface area contributed by atoms with Gasteiger partial charge in [-0.1, -0.05) is 12.1 Å². The Labute approximate surface area is 193 Å². The molecule has 0 radical (unpaired) electrons. The summed E-state index contributed by atoms with van der Waals surface area (Å²) in [5.41, 5.74) is 13.1. The molecule has 0 aliphatic carbocycles. The van der Waals surface area contributed by atoms with Crippen molar-refractivity contribution in [1.29, 1.82) is 0 Å². The van der Waals surface area contributed by atoms with Crippen molar-refractivity contribution in [2.75, 3.05) is 30.1 Å². The van der Waals surface area contributed by atoms with Crippen LogP contribution in [0.4, 0.5) is 11.8 Å². The largest absolute Gasteiger partial charge is 0.488 e. The van der Waals surface area contributed by atoms with Crippen molar-refractivity contribution in [1.82, 2.24) is 19.9 Å². The van der Waals surface area contributed by atoms with E-state index in [1.165, 1.54) is 0 Å². The van der Waals surface area contributed by atoms with Crippen LogP contribution in [0.25, 0.3) is 20.7 Å². The van der Waals surface area contributed by atoms with Gasteiger partial charge >= 0.3 is 6.01 Å². The van der Waals surface area contributed by atoms with E-state index in [9.17, 15) is 0 Å². The number of hydrogen-bond donors (Lipinski definition) is 2. The first kappa shape index (κ1) is 22.9. The Balaban J connectivity index is 0.00000272. The van der Waals surface area contributed by atoms with Crippen molar-refractivity contribution in [3.05, 3.63) is 48.3 Å². The Morgan fingerprint density at radius 1 is 1.06 bits per heavy atom. The van der Waals surface area contributed by atoms with Crippen LogP contribution in [0, 0.1) is 0 Å². The lowest BCUT2D eigenvalue weighted by atomic mass is 10.1. The average molecular weight is 477 g/mol. The van der Waals surface area contributed by atoms with E-state index in [2.05, 4.69) is 26.0 Å². The van der Waals surface area contributed by atoms with Crippen LogP contribution in [-0.4, -0.2) is 38.6 Å². The average Bonchev–Trinajstić information content (AvgIpc) is 3.17. The molecular weight excluding hydrogens is 456 g/mol. The highest BCUT2D eigenvalue weighted by atomic mass is 35.5. The molecule has 0 saturated carbocycles. The van der Waals surface area contributed by atoms with Crippen molar-refractivity contribution >= 4 is 57.5 Å². The van der Waals surface area contributed by atoms with E-state index in [1.807, 2.05) is 30.5 Å². The van der Waals surface area contributed by atoms with E-state index in [1.54, 1.807) is 35.5 Å². The van der Waals surface area contributed by atoms with Gasteiger partial charge in [0.05, 0.1) is 5.56 Å². The fourth-order valence-electron chi connectivity index (χ4n) is 2.73. The molecule has 0 saturated heterocycles. The van der Waals surface area contributed by atoms with Gasteiger partial charge in [0.15, 0.2) is 0 Å². The maximum Gasteiger partial charge on any atom is 0.317 e. The second-order valence-corrected chi connectivity index (χ2v) is 8.30. The fraction of sp³-hybridized carbons (Fsp3) is 0.200. The molecule has 0 bridgehead atoms. The molecule has 11 heteroatoms. The van der Waals surface area contributed by atoms with Crippen LogP contribution in [0.3, 0.4) is 0 Å². The third-order valence-corrected chi connectivity index (χ3v) is 5.88. The van der Waals surface area contributed by atoms with Crippen molar-refractivity contribution in [2.45, 2.75) is 6.61 Å². The minimum absolute atomic E-state index is 0. The number of aromatic nitrogens is 4. The summed E-state index contributed by atoms with van der Waals surface area (Å²) >= 11 is 3.28. The van der Waals surface area contributed by atoms with Crippen LogP contribution in [0.2, 0.25) is 0 Å². The number of halogens is 1. The molecule has 4 rings (SSSR count). The predicted molar refractivity (Wildman–Crippen MR) is 129 cm³/mol. The van der Waals surface area contributed by atoms with Crippen molar-refractivity contribution in [2.24, 2.45) is 0 Å². The summed E-state index contributed by atoms with van der Waals surface area (Å²) in [5, 5.41) is 0.957. The molecule has 4 N–H and O–H groups in total. The summed E-state index contributed by atoms with van der Waals surface area (Å²) < 4.78 is 11.6. The van der Waals surface area contributed by atoms with E-state index in [4.69, 9.17) is 20.9 Å². The number of nitrogens with two attached hydrogens (primary N) is 2. The van der Waals surface area contributed by atoms with Crippen molar-refractivity contribution in [3.8, 4) is 22.2 Å². The molecule has 8 nitrogen and oxygen atoms in total. The molecule has 0 aliphatic rings. The van der Waals surface area contributed by atoms with E-state index < -0.39 is 0 Å². The summed E-state index contributed by atoms with van der Waals surface area (Å²) in [6.45, 7) is 0.820. The van der Waals surface area contributed by atoms with E-state index in [-0.39, 0.29) is 25.0 Å². The molecule has 31 heavy (non-hydrogen) atoms. The number of hydrogen-bond acceptors (Lipinski definition) is 10. The third kappa shape index (κ3) is 5.46. The highest BCUT2D eigenvalue weighted by Gasteiger charge is 2.13. The topological polar surface area (TPSA) is 122 Å². The zero-order valence-corrected chi connectivity index (χ0v) is 19.1. The van der Waals surface area contributed by atoms with Gasteiger partial charge in [-0.2, -0.15) is 21.7 Å². The summed E-state index contributed by atoms with van der Waals surface area (Å²) in [6, 6.07) is 10.3. The van der Waals surface area contributed by atoms with Crippen LogP contribution >= 0.6 is 35.5 Å². The number of ether oxygens (including phenoxy) is 2. The minimum atomic E-state index is 0. The Morgan fingerprint density at radius 2 is 1.90 bits per heavy atom. The summed E-state index contributed by atoms with van der Waals surface area (Å²) in [7, 11) is 0. The molecule has 0 spiro atoms. The second kappa shape index (κ2) is 10.5. The Morgan fingerprint density at radius 3 is 2.71 bits per heavy atom. The van der Waals surface area contributed by atoms with Gasteiger partial charge in [-0.05, 0) is 24.5 Å². The molecule has 0 aliphatic heterocycles. The number of nitrogens with zero attached hydrogens (tertiary/aromatic N) is 4. The SMILES string of the molecule is CSCCOc1ncc2cc(-c3ccccc3OCc3cnc(N)nc3N)sc2n1.Cl. The smallest absolute Gasteiger partial charge is 0.317 e. The number of benzene rings is 1. The predicted octanol–water partition coefficient (Wildman–Crippen LogP) is 4.06. The molecule has 3 heterocycles. The maximum atomic E-state index is 6.03. The van der Waals surface area contributed by atoms with Gasteiger partial charge < -0.3 is 20.9 Å². The summed E-state index contributed by atoms with van der Waals surface area (Å²) in [6.07, 6.45) is 5.40. The molecular formula is C20H21ClN6O2S2. The first-order valence-electron chi connectivity index (χ1n) is 9.11. The zero-order valence-electron chi connectivity index (χ0n) is 16.6. The molecule has 4 aromatic rings. The minimum Gasteiger partial charge on any atom is -0.488 e. The van der Waals surface area contributed by atoms with E-state index >= 15 is 0 Å². The van der Waals surface area contributed by atoms with Gasteiger partial charge in [0.1, 0.15) is 29.6 Å². The lowest BCUT2D eigenvalue weighted by Gasteiger charge is -2.11. The molecule has 0 amide bonds. The first-order valence-corrected chi connectivity index (χ1v) is 11.3. The Hall–Kier alpha value is -2.82. The summed E-state index contributed by atoms with van der Waals surface area (Å²) in [4.78, 5) is 18.7. The molecule has 162 valence electrons. The second-order valence-electron chi connectivity index (χ2n) is 6.29. The standard InChI is InChI=1S/C20H20N6O2S2.ClH/c1-29-7-6-27-20-24-9-12-8-16(30-18(12)26-20)14-4-2-3-5-15(14)28-11-13-10-23-19(22)25-17(13)21;/h2-5,8-10H,6-7,11H2,1H3,(H4,21,22,23,25);1H. The first-order chi connectivity index (χ1) is 14.6. The monoisotopic (exact) mass is 476 g/mol. The van der Waals surface area contributed by atoms with Gasteiger partial charge in [-0.15, -0.1) is 23.7 Å². The number of thioether (sulfide) groups is 1. The molecule has 1 aromatic carbocycles. The van der Waals surface area contributed by atoms with Gasteiger partial charge in [0, 0.05) is 34.0 Å². The van der Waals surface area contributed by atoms with Crippen molar-refractivity contribution < 1.29 is 9.47 Å². The Bertz CT molecular complexity index is 1170. The third-order valence-electron chi connectivity index (χ3n) is 4.22. The van der Waals surface area contributed by atoms with Crippen LogP contribution in [-0.2, 0) is 6.61 Å². The van der Waals surface area contributed by atoms with E-state index in [0.717, 1.165) is 32.2 Å². The lowest BCUT2D eigenvalue weighted by molar-refractivity contribution is 0.307. The summed E-state index contributed by atoms with van der Waals surface area (Å²) in [5.74, 6) is 2.07. The number of anilines is 2. The number of nitrogen functional groups attached to an aromatic ring is 2. The van der Waals surface area contributed by atoms with Crippen molar-refractivity contribution in [3.63, 3.8) is 0 Å². The van der Waals surface area contributed by atoms with Gasteiger partial charge in [-0.25, -0.2) is 9.97 Å². The number of fused-ring (bicyclic) bond motifs is 1. The lowest BCUT2D eigenvalue weighted by Crippen LogP contribution is -2.06. The van der Waals surface area contributed by atoms with Gasteiger partial charge in [-0.3, -0.25) is 0 Å². The number of rotatable bonds is 8. The highest BCUT2D eigenvalue weighted by molar-refractivity contribution is 7.98. The van der Waals surface area contributed by atoms with Gasteiger partial charge in [0.25, 0.3) is 0 Å². The van der Waals surface area contributed by atoms with Crippen LogP contribution < -0.4 is 20.9 Å².